The summed E-state index contributed by atoms with van der Waals surface area (Å²) >= 11 is 0. The standard InChI is InChI=1S/C17H13F2N3O/c1-10(11-6-7-12(18)13(19)8-11)21-17(23)16-9-20-14-4-2-3-5-15(14)22-16/h2-10H,1H3,(H,21,23). The van der Waals surface area contributed by atoms with E-state index in [0.717, 1.165) is 12.1 Å². The van der Waals surface area contributed by atoms with Crippen LogP contribution >= 0.6 is 0 Å². The van der Waals surface area contributed by atoms with E-state index in [0.29, 0.717) is 16.6 Å². The number of halogens is 2. The summed E-state index contributed by atoms with van der Waals surface area (Å²) in [7, 11) is 0. The number of nitrogens with one attached hydrogen (secondary N) is 1. The number of amides is 1. The molecule has 1 amide bonds. The number of hydrogen-bond acceptors (Lipinski definition) is 3. The van der Waals surface area contributed by atoms with Crippen LogP contribution in [0.5, 0.6) is 0 Å². The van der Waals surface area contributed by atoms with Crippen LogP contribution in [0.1, 0.15) is 29.0 Å². The Bertz CT molecular complexity index is 883. The van der Waals surface area contributed by atoms with Gasteiger partial charge in [0.15, 0.2) is 11.6 Å². The smallest absolute Gasteiger partial charge is 0.271 e. The Labute approximate surface area is 131 Å². The molecule has 4 nitrogen and oxygen atoms in total. The van der Waals surface area contributed by atoms with Gasteiger partial charge in [-0.05, 0) is 36.8 Å². The highest BCUT2D eigenvalue weighted by Gasteiger charge is 2.15. The van der Waals surface area contributed by atoms with E-state index in [-0.39, 0.29) is 5.69 Å². The number of carbonyl (C=O) groups is 1. The normalized spacial score (nSPS) is 12.1. The van der Waals surface area contributed by atoms with Gasteiger partial charge in [0, 0.05) is 0 Å². The average Bonchev–Trinajstić information content (AvgIpc) is 2.56. The number of benzene rings is 2. The highest BCUT2D eigenvalue weighted by atomic mass is 19.2. The molecule has 0 aliphatic rings. The van der Waals surface area contributed by atoms with Gasteiger partial charge in [0.2, 0.25) is 0 Å². The van der Waals surface area contributed by atoms with Gasteiger partial charge in [-0.1, -0.05) is 18.2 Å². The Morgan fingerprint density at radius 3 is 2.57 bits per heavy atom. The molecule has 3 aromatic rings. The molecule has 0 saturated carbocycles. The van der Waals surface area contributed by atoms with Crippen LogP contribution in [0, 0.1) is 11.6 Å². The van der Waals surface area contributed by atoms with Crippen molar-refractivity contribution < 1.29 is 13.6 Å². The Kier molecular flexibility index (Phi) is 3.97. The van der Waals surface area contributed by atoms with Crippen molar-refractivity contribution in [2.75, 3.05) is 0 Å². The van der Waals surface area contributed by atoms with Crippen LogP contribution in [-0.4, -0.2) is 15.9 Å². The third-order valence-electron chi connectivity index (χ3n) is 3.47. The van der Waals surface area contributed by atoms with E-state index < -0.39 is 23.6 Å². The lowest BCUT2D eigenvalue weighted by atomic mass is 10.1. The van der Waals surface area contributed by atoms with Crippen molar-refractivity contribution in [2.24, 2.45) is 0 Å². The first kappa shape index (κ1) is 15.0. The van der Waals surface area contributed by atoms with Crippen molar-refractivity contribution in [1.29, 1.82) is 0 Å². The fraction of sp³-hybridized carbons (Fsp3) is 0.118. The van der Waals surface area contributed by atoms with Crippen molar-refractivity contribution in [3.05, 3.63) is 71.6 Å². The lowest BCUT2D eigenvalue weighted by Gasteiger charge is -2.14. The van der Waals surface area contributed by atoms with Gasteiger partial charge in [-0.25, -0.2) is 13.8 Å². The lowest BCUT2D eigenvalue weighted by Crippen LogP contribution is -2.27. The SMILES string of the molecule is CC(NC(=O)c1cnc2ccccc2n1)c1ccc(F)c(F)c1. The summed E-state index contributed by atoms with van der Waals surface area (Å²) in [5, 5.41) is 2.69. The Morgan fingerprint density at radius 1 is 1.09 bits per heavy atom. The highest BCUT2D eigenvalue weighted by Crippen LogP contribution is 2.16. The average molecular weight is 313 g/mol. The molecule has 1 unspecified atom stereocenters. The largest absolute Gasteiger partial charge is 0.344 e. The van der Waals surface area contributed by atoms with E-state index in [4.69, 9.17) is 0 Å². The number of carbonyl (C=O) groups excluding carboxylic acids is 1. The van der Waals surface area contributed by atoms with E-state index in [9.17, 15) is 13.6 Å². The van der Waals surface area contributed by atoms with Crippen LogP contribution in [0.25, 0.3) is 11.0 Å². The van der Waals surface area contributed by atoms with Gasteiger partial charge < -0.3 is 5.32 Å². The van der Waals surface area contributed by atoms with Crippen LogP contribution in [0.4, 0.5) is 8.78 Å². The highest BCUT2D eigenvalue weighted by molar-refractivity contribution is 5.93. The fourth-order valence-electron chi connectivity index (χ4n) is 2.20. The first-order valence-electron chi connectivity index (χ1n) is 7.02. The minimum Gasteiger partial charge on any atom is -0.344 e. The molecule has 0 fully saturated rings. The van der Waals surface area contributed by atoms with Crippen LogP contribution in [0.15, 0.2) is 48.7 Å². The molecule has 1 N–H and O–H groups in total. The zero-order valence-corrected chi connectivity index (χ0v) is 12.3. The first-order chi connectivity index (χ1) is 11.0. The molecule has 3 rings (SSSR count). The van der Waals surface area contributed by atoms with Crippen LogP contribution in [0.3, 0.4) is 0 Å². The van der Waals surface area contributed by atoms with Crippen LogP contribution in [0.2, 0.25) is 0 Å². The van der Waals surface area contributed by atoms with Crippen molar-refractivity contribution >= 4 is 16.9 Å². The Hall–Kier alpha value is -2.89. The summed E-state index contributed by atoms with van der Waals surface area (Å²) in [5.74, 6) is -2.30. The second-order valence-electron chi connectivity index (χ2n) is 5.11. The maximum atomic E-state index is 13.3. The summed E-state index contributed by atoms with van der Waals surface area (Å²) < 4.78 is 26.2. The molecule has 116 valence electrons. The van der Waals surface area contributed by atoms with Gasteiger partial charge >= 0.3 is 0 Å². The third-order valence-corrected chi connectivity index (χ3v) is 3.47. The molecule has 1 atom stereocenters. The molecule has 1 heterocycles. The number of rotatable bonds is 3. The molecule has 0 saturated heterocycles. The van der Waals surface area contributed by atoms with Crippen LogP contribution in [-0.2, 0) is 0 Å². The molecule has 0 radical (unpaired) electrons. The zero-order valence-electron chi connectivity index (χ0n) is 12.3. The van der Waals surface area contributed by atoms with E-state index in [1.54, 1.807) is 19.1 Å². The van der Waals surface area contributed by atoms with Crippen LogP contribution < -0.4 is 5.32 Å². The molecule has 0 spiro atoms. The Balaban J connectivity index is 1.80. The number of nitrogens with zero attached hydrogens (tertiary/aromatic N) is 2. The third kappa shape index (κ3) is 3.15. The molecule has 0 bridgehead atoms. The minimum atomic E-state index is -0.950. The summed E-state index contributed by atoms with van der Waals surface area (Å²) in [6.45, 7) is 1.68. The predicted molar refractivity (Wildman–Crippen MR) is 81.8 cm³/mol. The summed E-state index contributed by atoms with van der Waals surface area (Å²) in [6.07, 6.45) is 1.38. The molecule has 0 aliphatic heterocycles. The Morgan fingerprint density at radius 2 is 1.83 bits per heavy atom. The lowest BCUT2D eigenvalue weighted by molar-refractivity contribution is 0.0934. The van der Waals surface area contributed by atoms with Gasteiger partial charge in [0.05, 0.1) is 23.3 Å². The topological polar surface area (TPSA) is 54.9 Å². The van der Waals surface area contributed by atoms with Gasteiger partial charge in [-0.3, -0.25) is 9.78 Å². The van der Waals surface area contributed by atoms with Crippen molar-refractivity contribution in [1.82, 2.24) is 15.3 Å². The quantitative estimate of drug-likeness (QED) is 0.806. The van der Waals surface area contributed by atoms with Gasteiger partial charge in [0.1, 0.15) is 5.69 Å². The van der Waals surface area contributed by atoms with Crippen molar-refractivity contribution in [2.45, 2.75) is 13.0 Å². The van der Waals surface area contributed by atoms with E-state index in [2.05, 4.69) is 15.3 Å². The monoisotopic (exact) mass is 313 g/mol. The molecule has 1 aromatic heterocycles. The fourth-order valence-corrected chi connectivity index (χ4v) is 2.20. The summed E-state index contributed by atoms with van der Waals surface area (Å²) in [4.78, 5) is 20.7. The molecule has 2 aromatic carbocycles. The summed E-state index contributed by atoms with van der Waals surface area (Å²) in [5.41, 5.74) is 1.93. The van der Waals surface area contributed by atoms with Crippen molar-refractivity contribution in [3.8, 4) is 0 Å². The minimum absolute atomic E-state index is 0.165. The second-order valence-corrected chi connectivity index (χ2v) is 5.11. The molecular formula is C17H13F2N3O. The van der Waals surface area contributed by atoms with Crippen molar-refractivity contribution in [3.63, 3.8) is 0 Å². The number of para-hydroxylation sites is 2. The van der Waals surface area contributed by atoms with Gasteiger partial charge in [0.25, 0.3) is 5.91 Å². The predicted octanol–water partition coefficient (Wildman–Crippen LogP) is 3.40. The maximum absolute atomic E-state index is 13.3. The number of fused-ring (bicyclic) bond motifs is 1. The first-order valence-corrected chi connectivity index (χ1v) is 7.02. The van der Waals surface area contributed by atoms with Gasteiger partial charge in [-0.15, -0.1) is 0 Å². The molecular weight excluding hydrogens is 300 g/mol. The van der Waals surface area contributed by atoms with E-state index in [1.165, 1.54) is 12.3 Å². The number of aromatic nitrogens is 2. The zero-order chi connectivity index (χ0) is 16.4. The molecule has 23 heavy (non-hydrogen) atoms. The maximum Gasteiger partial charge on any atom is 0.271 e. The summed E-state index contributed by atoms with van der Waals surface area (Å²) in [6, 6.07) is 10.2. The molecule has 6 heteroatoms. The van der Waals surface area contributed by atoms with E-state index >= 15 is 0 Å². The second kappa shape index (κ2) is 6.08. The van der Waals surface area contributed by atoms with E-state index in [1.807, 2.05) is 12.1 Å². The molecule has 0 aliphatic carbocycles. The van der Waals surface area contributed by atoms with Gasteiger partial charge in [-0.2, -0.15) is 0 Å². The number of hydrogen-bond donors (Lipinski definition) is 1.